The molecule has 0 spiro atoms. The molecule has 140 valence electrons. The number of methoxy groups -OCH3 is 1. The lowest BCUT2D eigenvalue weighted by molar-refractivity contribution is -0.118. The minimum Gasteiger partial charge on any atom is -0.497 e. The maximum absolute atomic E-state index is 11.9. The highest BCUT2D eigenvalue weighted by Gasteiger charge is 2.04. The molecule has 0 saturated heterocycles. The first-order chi connectivity index (χ1) is 12.6. The van der Waals surface area contributed by atoms with Gasteiger partial charge in [0.15, 0.2) is 0 Å². The van der Waals surface area contributed by atoms with Crippen molar-refractivity contribution >= 4 is 17.7 Å². The van der Waals surface area contributed by atoms with Crippen molar-refractivity contribution in [3.05, 3.63) is 59.2 Å². The zero-order valence-corrected chi connectivity index (χ0v) is 16.5. The summed E-state index contributed by atoms with van der Waals surface area (Å²) in [5.74, 6) is 3.11. The number of para-hydroxylation sites is 1. The number of hydrogen-bond donors (Lipinski definition) is 1. The van der Waals surface area contributed by atoms with Crippen molar-refractivity contribution in [2.75, 3.05) is 31.8 Å². The predicted molar refractivity (Wildman–Crippen MR) is 108 cm³/mol. The lowest BCUT2D eigenvalue weighted by atomic mass is 10.1. The summed E-state index contributed by atoms with van der Waals surface area (Å²) >= 11 is 1.59. The maximum Gasteiger partial charge on any atom is 0.230 e. The molecular formula is C21H27NO3S. The van der Waals surface area contributed by atoms with Crippen LogP contribution in [0.4, 0.5) is 0 Å². The Morgan fingerprint density at radius 2 is 1.77 bits per heavy atom. The van der Waals surface area contributed by atoms with Gasteiger partial charge in [0.1, 0.15) is 11.5 Å². The Morgan fingerprint density at radius 3 is 2.42 bits per heavy atom. The number of thioether (sulfide) groups is 1. The van der Waals surface area contributed by atoms with Gasteiger partial charge in [0, 0.05) is 12.3 Å². The first-order valence-electron chi connectivity index (χ1n) is 8.76. The monoisotopic (exact) mass is 373 g/mol. The second-order valence-corrected chi connectivity index (χ2v) is 7.18. The third-order valence-electron chi connectivity index (χ3n) is 4.01. The molecule has 0 atom stereocenters. The normalized spacial score (nSPS) is 10.4. The van der Waals surface area contributed by atoms with Gasteiger partial charge in [-0.25, -0.2) is 0 Å². The SMILES string of the molecule is COc1ccc(CCNC(=O)CSCCOc2c(C)cccc2C)cc1. The highest BCUT2D eigenvalue weighted by Crippen LogP contribution is 2.22. The summed E-state index contributed by atoms with van der Waals surface area (Å²) in [6.07, 6.45) is 0.816. The fourth-order valence-electron chi connectivity index (χ4n) is 2.58. The van der Waals surface area contributed by atoms with E-state index in [4.69, 9.17) is 9.47 Å². The van der Waals surface area contributed by atoms with E-state index in [1.807, 2.05) is 56.3 Å². The van der Waals surface area contributed by atoms with Gasteiger partial charge in [0.25, 0.3) is 0 Å². The molecule has 26 heavy (non-hydrogen) atoms. The van der Waals surface area contributed by atoms with E-state index in [2.05, 4.69) is 5.32 Å². The van der Waals surface area contributed by atoms with Crippen molar-refractivity contribution in [1.82, 2.24) is 5.32 Å². The standard InChI is InChI=1S/C21H27NO3S/c1-16-5-4-6-17(2)21(16)25-13-14-26-15-20(23)22-12-11-18-7-9-19(24-3)10-8-18/h4-10H,11-15H2,1-3H3,(H,22,23). The molecular weight excluding hydrogens is 346 g/mol. The zero-order chi connectivity index (χ0) is 18.8. The largest absolute Gasteiger partial charge is 0.497 e. The van der Waals surface area contributed by atoms with Gasteiger partial charge < -0.3 is 14.8 Å². The Kier molecular flexibility index (Phi) is 8.35. The molecule has 2 aromatic carbocycles. The van der Waals surface area contributed by atoms with E-state index in [0.717, 1.165) is 34.8 Å². The van der Waals surface area contributed by atoms with Crippen LogP contribution in [0.5, 0.6) is 11.5 Å². The molecule has 1 amide bonds. The van der Waals surface area contributed by atoms with Crippen LogP contribution in [0.1, 0.15) is 16.7 Å². The smallest absolute Gasteiger partial charge is 0.230 e. The topological polar surface area (TPSA) is 47.6 Å². The number of aryl methyl sites for hydroxylation is 2. The molecule has 0 aliphatic heterocycles. The zero-order valence-electron chi connectivity index (χ0n) is 15.7. The van der Waals surface area contributed by atoms with Crippen molar-refractivity contribution in [1.29, 1.82) is 0 Å². The average Bonchev–Trinajstić information content (AvgIpc) is 2.64. The first kappa shape index (κ1) is 20.2. The molecule has 0 radical (unpaired) electrons. The molecule has 5 heteroatoms. The highest BCUT2D eigenvalue weighted by molar-refractivity contribution is 7.99. The third-order valence-corrected chi connectivity index (χ3v) is 4.93. The summed E-state index contributed by atoms with van der Waals surface area (Å²) in [6.45, 7) is 5.34. The van der Waals surface area contributed by atoms with Crippen molar-refractivity contribution < 1.29 is 14.3 Å². The van der Waals surface area contributed by atoms with Gasteiger partial charge >= 0.3 is 0 Å². The number of ether oxygens (including phenoxy) is 2. The van der Waals surface area contributed by atoms with E-state index in [1.165, 1.54) is 5.56 Å². The van der Waals surface area contributed by atoms with E-state index >= 15 is 0 Å². The van der Waals surface area contributed by atoms with Gasteiger partial charge in [0.2, 0.25) is 5.91 Å². The van der Waals surface area contributed by atoms with Gasteiger partial charge in [-0.05, 0) is 49.1 Å². The van der Waals surface area contributed by atoms with E-state index in [9.17, 15) is 4.79 Å². The molecule has 0 heterocycles. The Hall–Kier alpha value is -2.14. The van der Waals surface area contributed by atoms with Crippen molar-refractivity contribution in [3.8, 4) is 11.5 Å². The average molecular weight is 374 g/mol. The second kappa shape index (κ2) is 10.8. The van der Waals surface area contributed by atoms with Gasteiger partial charge in [0.05, 0.1) is 19.5 Å². The number of benzene rings is 2. The van der Waals surface area contributed by atoms with Gasteiger partial charge in [-0.3, -0.25) is 4.79 Å². The summed E-state index contributed by atoms with van der Waals surface area (Å²) in [5.41, 5.74) is 3.47. The minimum atomic E-state index is 0.0654. The van der Waals surface area contributed by atoms with Crippen LogP contribution in [0.15, 0.2) is 42.5 Å². The second-order valence-electron chi connectivity index (χ2n) is 6.07. The molecule has 0 aliphatic rings. The summed E-state index contributed by atoms with van der Waals surface area (Å²) in [7, 11) is 1.65. The minimum absolute atomic E-state index is 0.0654. The maximum atomic E-state index is 11.9. The highest BCUT2D eigenvalue weighted by atomic mass is 32.2. The van der Waals surface area contributed by atoms with E-state index in [1.54, 1.807) is 18.9 Å². The van der Waals surface area contributed by atoms with Gasteiger partial charge in [-0.15, -0.1) is 11.8 Å². The lowest BCUT2D eigenvalue weighted by Gasteiger charge is -2.11. The van der Waals surface area contributed by atoms with Crippen molar-refractivity contribution in [2.45, 2.75) is 20.3 Å². The summed E-state index contributed by atoms with van der Waals surface area (Å²) in [5, 5.41) is 2.95. The molecule has 0 bridgehead atoms. The van der Waals surface area contributed by atoms with E-state index in [0.29, 0.717) is 18.9 Å². The van der Waals surface area contributed by atoms with Crippen LogP contribution in [0.25, 0.3) is 0 Å². The van der Waals surface area contributed by atoms with Crippen LogP contribution in [0.3, 0.4) is 0 Å². The number of nitrogens with one attached hydrogen (secondary N) is 1. The quantitative estimate of drug-likeness (QED) is 0.644. The molecule has 2 rings (SSSR count). The Bertz CT molecular complexity index is 681. The fraction of sp³-hybridized carbons (Fsp3) is 0.381. The molecule has 0 aromatic heterocycles. The summed E-state index contributed by atoms with van der Waals surface area (Å²) in [6, 6.07) is 14.0. The number of carbonyl (C=O) groups excluding carboxylic acids is 1. The Balaban J connectivity index is 1.57. The fourth-order valence-corrected chi connectivity index (χ4v) is 3.22. The van der Waals surface area contributed by atoms with Crippen LogP contribution in [-0.2, 0) is 11.2 Å². The lowest BCUT2D eigenvalue weighted by Crippen LogP contribution is -2.27. The number of carbonyl (C=O) groups is 1. The van der Waals surface area contributed by atoms with Gasteiger partial charge in [-0.2, -0.15) is 0 Å². The van der Waals surface area contributed by atoms with Crippen LogP contribution in [0, 0.1) is 13.8 Å². The van der Waals surface area contributed by atoms with Crippen molar-refractivity contribution in [3.63, 3.8) is 0 Å². The molecule has 1 N–H and O–H groups in total. The van der Waals surface area contributed by atoms with Crippen molar-refractivity contribution in [2.24, 2.45) is 0 Å². The Morgan fingerprint density at radius 1 is 1.08 bits per heavy atom. The number of amides is 1. The Labute approximate surface area is 160 Å². The molecule has 2 aromatic rings. The van der Waals surface area contributed by atoms with Gasteiger partial charge in [-0.1, -0.05) is 30.3 Å². The van der Waals surface area contributed by atoms with Crippen LogP contribution >= 0.6 is 11.8 Å². The molecule has 0 unspecified atom stereocenters. The van der Waals surface area contributed by atoms with Crippen LogP contribution in [-0.4, -0.2) is 37.7 Å². The molecule has 0 aliphatic carbocycles. The third kappa shape index (κ3) is 6.64. The molecule has 0 saturated carbocycles. The predicted octanol–water partition coefficient (Wildman–Crippen LogP) is 3.78. The molecule has 0 fully saturated rings. The molecule has 4 nitrogen and oxygen atoms in total. The first-order valence-corrected chi connectivity index (χ1v) is 9.92. The van der Waals surface area contributed by atoms with E-state index in [-0.39, 0.29) is 5.91 Å². The summed E-state index contributed by atoms with van der Waals surface area (Å²) < 4.78 is 11.0. The number of rotatable bonds is 10. The van der Waals surface area contributed by atoms with Crippen LogP contribution in [0.2, 0.25) is 0 Å². The van der Waals surface area contributed by atoms with Crippen LogP contribution < -0.4 is 14.8 Å². The van der Waals surface area contributed by atoms with E-state index < -0.39 is 0 Å². The summed E-state index contributed by atoms with van der Waals surface area (Å²) in [4.78, 5) is 11.9. The number of hydrogen-bond acceptors (Lipinski definition) is 4.